The summed E-state index contributed by atoms with van der Waals surface area (Å²) in [5, 5.41) is 0. The standard InChI is InChI=1S/C30H44N2O7/c1-6-37-28(34)22-12-7-15-24(36-5)27(22)38-25(33)16-8-14-23-21-13-10-18-31-17-9-11-20(26(21)31)19-32(23)29(35)39-30(2,3)4/h7,12,15,20-21,23,26H,6,8-11,13-14,16-19H2,1-5H3. The third-order valence-electron chi connectivity index (χ3n) is 8.09. The molecule has 0 aliphatic carbocycles. The first-order valence-electron chi connectivity index (χ1n) is 14.4. The summed E-state index contributed by atoms with van der Waals surface area (Å²) in [5.74, 6) is 0.173. The van der Waals surface area contributed by atoms with E-state index >= 15 is 0 Å². The van der Waals surface area contributed by atoms with Crippen LogP contribution in [0.25, 0.3) is 0 Å². The Labute approximate surface area is 232 Å². The first-order chi connectivity index (χ1) is 18.6. The molecule has 3 saturated heterocycles. The molecule has 0 spiro atoms. The molecule has 0 radical (unpaired) electrons. The number of methoxy groups -OCH3 is 1. The lowest BCUT2D eigenvalue weighted by atomic mass is 9.69. The van der Waals surface area contributed by atoms with Crippen LogP contribution in [-0.2, 0) is 14.3 Å². The van der Waals surface area contributed by atoms with Crippen LogP contribution < -0.4 is 9.47 Å². The lowest BCUT2D eigenvalue weighted by Crippen LogP contribution is -2.65. The minimum absolute atomic E-state index is 0.0103. The molecule has 3 fully saturated rings. The maximum atomic E-state index is 13.4. The summed E-state index contributed by atoms with van der Waals surface area (Å²) in [5.41, 5.74) is -0.419. The van der Waals surface area contributed by atoms with Crippen molar-refractivity contribution >= 4 is 18.0 Å². The first kappa shape index (κ1) is 29.2. The van der Waals surface area contributed by atoms with Gasteiger partial charge in [0.15, 0.2) is 11.5 Å². The number of rotatable bonds is 8. The van der Waals surface area contributed by atoms with Crippen LogP contribution in [0.4, 0.5) is 4.79 Å². The second kappa shape index (κ2) is 12.6. The van der Waals surface area contributed by atoms with E-state index < -0.39 is 17.5 Å². The largest absolute Gasteiger partial charge is 0.493 e. The molecule has 3 aliphatic heterocycles. The highest BCUT2D eigenvalue weighted by atomic mass is 16.6. The fraction of sp³-hybridized carbons (Fsp3) is 0.700. The molecule has 4 atom stereocenters. The average Bonchev–Trinajstić information content (AvgIpc) is 2.89. The quantitative estimate of drug-likeness (QED) is 0.331. The highest BCUT2D eigenvalue weighted by Crippen LogP contribution is 2.44. The molecule has 39 heavy (non-hydrogen) atoms. The van der Waals surface area contributed by atoms with Crippen LogP contribution in [0, 0.1) is 11.8 Å². The number of benzene rings is 1. The molecule has 0 saturated carbocycles. The van der Waals surface area contributed by atoms with E-state index in [-0.39, 0.29) is 36.5 Å². The van der Waals surface area contributed by atoms with Crippen molar-refractivity contribution in [3.8, 4) is 11.5 Å². The summed E-state index contributed by atoms with van der Waals surface area (Å²) < 4.78 is 22.0. The van der Waals surface area contributed by atoms with E-state index in [4.69, 9.17) is 18.9 Å². The number of piperidine rings is 3. The molecular weight excluding hydrogens is 500 g/mol. The number of likely N-dealkylation sites (tertiary alicyclic amines) is 1. The number of carbonyl (C=O) groups is 3. The fourth-order valence-electron chi connectivity index (χ4n) is 6.67. The monoisotopic (exact) mass is 544 g/mol. The number of para-hydroxylation sites is 1. The van der Waals surface area contributed by atoms with Gasteiger partial charge in [-0.2, -0.15) is 0 Å². The van der Waals surface area contributed by atoms with Gasteiger partial charge in [-0.25, -0.2) is 9.59 Å². The Morgan fingerprint density at radius 1 is 1.08 bits per heavy atom. The molecule has 0 N–H and O–H groups in total. The zero-order valence-corrected chi connectivity index (χ0v) is 24.1. The van der Waals surface area contributed by atoms with Crippen LogP contribution in [0.3, 0.4) is 0 Å². The van der Waals surface area contributed by atoms with Gasteiger partial charge in [-0.3, -0.25) is 9.69 Å². The van der Waals surface area contributed by atoms with Gasteiger partial charge in [-0.1, -0.05) is 6.07 Å². The molecule has 0 aromatic heterocycles. The van der Waals surface area contributed by atoms with Crippen LogP contribution in [0.5, 0.6) is 11.5 Å². The molecule has 9 nitrogen and oxygen atoms in total. The molecular formula is C30H44N2O7. The maximum absolute atomic E-state index is 13.4. The number of hydrogen-bond donors (Lipinski definition) is 0. The second-order valence-corrected chi connectivity index (χ2v) is 11.9. The van der Waals surface area contributed by atoms with Gasteiger partial charge in [0.05, 0.1) is 13.7 Å². The smallest absolute Gasteiger partial charge is 0.410 e. The number of esters is 2. The zero-order chi connectivity index (χ0) is 28.2. The highest BCUT2D eigenvalue weighted by Gasteiger charge is 2.50. The van der Waals surface area contributed by atoms with Crippen molar-refractivity contribution in [2.75, 3.05) is 33.4 Å². The average molecular weight is 545 g/mol. The summed E-state index contributed by atoms with van der Waals surface area (Å²) in [6.07, 6.45) is 5.65. The lowest BCUT2D eigenvalue weighted by Gasteiger charge is -2.57. The van der Waals surface area contributed by atoms with Crippen LogP contribution in [-0.4, -0.2) is 78.9 Å². The van der Waals surface area contributed by atoms with Crippen LogP contribution in [0.1, 0.15) is 83.0 Å². The van der Waals surface area contributed by atoms with Gasteiger partial charge in [0.1, 0.15) is 11.2 Å². The Morgan fingerprint density at radius 3 is 2.51 bits per heavy atom. The molecule has 3 heterocycles. The van der Waals surface area contributed by atoms with E-state index in [0.29, 0.717) is 43.0 Å². The van der Waals surface area contributed by atoms with Crippen molar-refractivity contribution in [2.45, 2.75) is 90.3 Å². The summed E-state index contributed by atoms with van der Waals surface area (Å²) in [4.78, 5) is 43.3. The Balaban J connectivity index is 1.46. The molecule has 1 aromatic carbocycles. The van der Waals surface area contributed by atoms with Crippen LogP contribution in [0.15, 0.2) is 18.2 Å². The Kier molecular flexibility index (Phi) is 9.41. The fourth-order valence-corrected chi connectivity index (χ4v) is 6.67. The van der Waals surface area contributed by atoms with Gasteiger partial charge in [0, 0.05) is 25.0 Å². The first-order valence-corrected chi connectivity index (χ1v) is 14.4. The van der Waals surface area contributed by atoms with Crippen molar-refractivity contribution in [3.63, 3.8) is 0 Å². The van der Waals surface area contributed by atoms with Gasteiger partial charge in [0.25, 0.3) is 0 Å². The van der Waals surface area contributed by atoms with Gasteiger partial charge < -0.3 is 23.8 Å². The third-order valence-corrected chi connectivity index (χ3v) is 8.09. The van der Waals surface area contributed by atoms with Gasteiger partial charge in [0.2, 0.25) is 0 Å². The van der Waals surface area contributed by atoms with Crippen molar-refractivity contribution in [3.05, 3.63) is 23.8 Å². The summed E-state index contributed by atoms with van der Waals surface area (Å²) in [6.45, 7) is 10.6. The van der Waals surface area contributed by atoms with Gasteiger partial charge in [-0.05, 0) is 103 Å². The van der Waals surface area contributed by atoms with E-state index in [0.717, 1.165) is 32.4 Å². The van der Waals surface area contributed by atoms with E-state index in [1.165, 1.54) is 13.5 Å². The van der Waals surface area contributed by atoms with E-state index in [9.17, 15) is 14.4 Å². The maximum Gasteiger partial charge on any atom is 0.410 e. The van der Waals surface area contributed by atoms with Crippen molar-refractivity contribution in [1.29, 1.82) is 0 Å². The van der Waals surface area contributed by atoms with Crippen LogP contribution in [0.2, 0.25) is 0 Å². The number of amides is 1. The summed E-state index contributed by atoms with van der Waals surface area (Å²) in [7, 11) is 1.46. The number of ether oxygens (including phenoxy) is 4. The Hall–Kier alpha value is -2.81. The van der Waals surface area contributed by atoms with Crippen molar-refractivity contribution in [2.24, 2.45) is 11.8 Å². The molecule has 9 heteroatoms. The molecule has 1 amide bonds. The van der Waals surface area contributed by atoms with Gasteiger partial charge >= 0.3 is 18.0 Å². The van der Waals surface area contributed by atoms with Gasteiger partial charge in [-0.15, -0.1) is 0 Å². The normalized spacial score (nSPS) is 24.9. The Morgan fingerprint density at radius 2 is 1.82 bits per heavy atom. The molecule has 4 rings (SSSR count). The number of nitrogens with zero attached hydrogens (tertiary/aromatic N) is 2. The minimum atomic E-state index is -0.571. The molecule has 0 bridgehead atoms. The van der Waals surface area contributed by atoms with E-state index in [2.05, 4.69) is 4.90 Å². The molecule has 216 valence electrons. The van der Waals surface area contributed by atoms with Crippen molar-refractivity contribution in [1.82, 2.24) is 9.80 Å². The number of hydrogen-bond acceptors (Lipinski definition) is 8. The second-order valence-electron chi connectivity index (χ2n) is 11.9. The summed E-state index contributed by atoms with van der Waals surface area (Å²) >= 11 is 0. The molecule has 4 unspecified atom stereocenters. The summed E-state index contributed by atoms with van der Waals surface area (Å²) in [6, 6.07) is 5.35. The number of carbonyl (C=O) groups excluding carboxylic acids is 3. The predicted octanol–water partition coefficient (Wildman–Crippen LogP) is 5.06. The Bertz CT molecular complexity index is 1030. The predicted molar refractivity (Wildman–Crippen MR) is 146 cm³/mol. The lowest BCUT2D eigenvalue weighted by molar-refractivity contribution is -0.134. The minimum Gasteiger partial charge on any atom is -0.493 e. The third kappa shape index (κ3) is 6.86. The van der Waals surface area contributed by atoms with E-state index in [1.807, 2.05) is 25.7 Å². The highest BCUT2D eigenvalue weighted by molar-refractivity contribution is 5.94. The van der Waals surface area contributed by atoms with E-state index in [1.54, 1.807) is 25.1 Å². The SMILES string of the molecule is CCOC(=O)c1cccc(OC)c1OC(=O)CCCC1C2CCCN3CCCC(CN1C(=O)OC(C)(C)C)C23. The molecule has 3 aliphatic rings. The topological polar surface area (TPSA) is 94.6 Å². The van der Waals surface area contributed by atoms with Crippen LogP contribution >= 0.6 is 0 Å². The zero-order valence-electron chi connectivity index (χ0n) is 24.1. The van der Waals surface area contributed by atoms with Crippen molar-refractivity contribution < 1.29 is 33.3 Å². The molecule has 1 aromatic rings.